The fourth-order valence-electron chi connectivity index (χ4n) is 2.24. The van der Waals surface area contributed by atoms with E-state index in [1.54, 1.807) is 12.1 Å². The number of rotatable bonds is 9. The van der Waals surface area contributed by atoms with Crippen molar-refractivity contribution in [1.82, 2.24) is 4.98 Å². The second-order valence-corrected chi connectivity index (χ2v) is 9.09. The zero-order valence-electron chi connectivity index (χ0n) is 12.7. The lowest BCUT2D eigenvalue weighted by atomic mass is 9.95. The molecule has 6 N–H and O–H groups in total. The molecule has 0 aromatic carbocycles. The fraction of sp³-hybridized carbons (Fsp3) is 0.417. The maximum Gasteiger partial charge on any atom is 0.342 e. The Balaban J connectivity index is 3.32. The van der Waals surface area contributed by atoms with Crippen LogP contribution in [0.25, 0.3) is 0 Å². The monoisotopic (exact) mass is 397 g/mol. The summed E-state index contributed by atoms with van der Waals surface area (Å²) < 4.78 is 23.2. The van der Waals surface area contributed by atoms with Crippen molar-refractivity contribution in [3.05, 3.63) is 30.1 Å². The lowest BCUT2D eigenvalue weighted by molar-refractivity contribution is -0.142. The third kappa shape index (κ3) is 5.18. The Kier molecular flexibility index (Phi) is 6.63. The first-order chi connectivity index (χ1) is 11.3. The van der Waals surface area contributed by atoms with Gasteiger partial charge in [-0.25, -0.2) is 0 Å². The van der Waals surface area contributed by atoms with Gasteiger partial charge >= 0.3 is 27.1 Å². The van der Waals surface area contributed by atoms with E-state index in [4.69, 9.17) is 14.9 Å². The summed E-state index contributed by atoms with van der Waals surface area (Å²) in [5, 5.41) is 15.4. The molecule has 1 aromatic heterocycles. The minimum atomic E-state index is -5.50. The third-order valence-corrected chi connectivity index (χ3v) is 6.63. The first-order valence-electron chi connectivity index (χ1n) is 6.78. The molecule has 0 amide bonds. The first kappa shape index (κ1) is 21.4. The first-order valence-corrected chi connectivity index (χ1v) is 10.1. The van der Waals surface area contributed by atoms with E-state index in [-0.39, 0.29) is 12.1 Å². The summed E-state index contributed by atoms with van der Waals surface area (Å²) in [5.41, 5.74) is -2.29. The van der Waals surface area contributed by atoms with E-state index in [0.717, 1.165) is 0 Å². The summed E-state index contributed by atoms with van der Waals surface area (Å²) in [4.78, 5) is 63.9. The van der Waals surface area contributed by atoms with Gasteiger partial charge in [0.05, 0.1) is 0 Å². The van der Waals surface area contributed by atoms with Crippen LogP contribution in [-0.2, 0) is 25.1 Å². The van der Waals surface area contributed by atoms with Gasteiger partial charge in [-0.05, 0) is 31.4 Å². The van der Waals surface area contributed by atoms with Gasteiger partial charge in [-0.15, -0.1) is 0 Å². The van der Waals surface area contributed by atoms with Crippen molar-refractivity contribution < 1.29 is 48.5 Å². The molecule has 25 heavy (non-hydrogen) atoms. The molecule has 0 aliphatic heterocycles. The van der Waals surface area contributed by atoms with Crippen LogP contribution >= 0.6 is 15.2 Å². The molecule has 0 saturated carbocycles. The van der Waals surface area contributed by atoms with Crippen LogP contribution in [0.3, 0.4) is 0 Å². The standard InChI is InChI=1S/C12H17NO10P2/c14-10(15)9(24(18,19)20)7-12(11(16)17,25(21,22)23)5-4-8-3-1-2-6-13-8/h1-3,6,9H,4-5,7H2,(H,14,15)(H,16,17)(H2,18,19,20)(H2,21,22,23). The van der Waals surface area contributed by atoms with Crippen LogP contribution in [0, 0.1) is 0 Å². The van der Waals surface area contributed by atoms with Crippen molar-refractivity contribution in [1.29, 1.82) is 0 Å². The molecule has 13 heteroatoms. The zero-order chi connectivity index (χ0) is 19.5. The highest BCUT2D eigenvalue weighted by atomic mass is 31.2. The van der Waals surface area contributed by atoms with Gasteiger partial charge in [-0.3, -0.25) is 23.7 Å². The van der Waals surface area contributed by atoms with Crippen molar-refractivity contribution in [3.63, 3.8) is 0 Å². The van der Waals surface area contributed by atoms with Crippen LogP contribution in [0.5, 0.6) is 0 Å². The van der Waals surface area contributed by atoms with Gasteiger partial charge in [0.25, 0.3) is 0 Å². The number of carbonyl (C=O) groups is 2. The van der Waals surface area contributed by atoms with Crippen LogP contribution < -0.4 is 0 Å². The highest BCUT2D eigenvalue weighted by Crippen LogP contribution is 2.59. The summed E-state index contributed by atoms with van der Waals surface area (Å²) in [7, 11) is -10.9. The Labute approximate surface area is 141 Å². The lowest BCUT2D eigenvalue weighted by Gasteiger charge is -2.32. The second kappa shape index (κ2) is 7.74. The van der Waals surface area contributed by atoms with Crippen LogP contribution in [0.1, 0.15) is 18.5 Å². The number of aliphatic carboxylic acids is 2. The average molecular weight is 397 g/mol. The van der Waals surface area contributed by atoms with Gasteiger partial charge in [0.15, 0.2) is 10.8 Å². The number of pyridine rings is 1. The normalized spacial score (nSPS) is 16.0. The minimum absolute atomic E-state index is 0.244. The van der Waals surface area contributed by atoms with E-state index >= 15 is 0 Å². The molecule has 0 fully saturated rings. The van der Waals surface area contributed by atoms with Crippen molar-refractivity contribution >= 4 is 27.1 Å². The predicted octanol–water partition coefficient (Wildman–Crippen LogP) is 0.0363. The molecule has 2 atom stereocenters. The highest BCUT2D eigenvalue weighted by Gasteiger charge is 2.58. The topological polar surface area (TPSA) is 203 Å². The summed E-state index contributed by atoms with van der Waals surface area (Å²) in [6, 6.07) is 4.58. The van der Waals surface area contributed by atoms with Gasteiger partial charge in [-0.2, -0.15) is 0 Å². The Bertz CT molecular complexity index is 727. The molecule has 0 radical (unpaired) electrons. The number of hydrogen-bond acceptors (Lipinski definition) is 5. The Hall–Kier alpha value is -1.61. The van der Waals surface area contributed by atoms with E-state index in [1.807, 2.05) is 0 Å². The minimum Gasteiger partial charge on any atom is -0.481 e. The molecule has 2 unspecified atom stereocenters. The Morgan fingerprint density at radius 3 is 2.08 bits per heavy atom. The third-order valence-electron chi connectivity index (χ3n) is 3.70. The van der Waals surface area contributed by atoms with Crippen molar-refractivity contribution in [2.75, 3.05) is 0 Å². The lowest BCUT2D eigenvalue weighted by Crippen LogP contribution is -2.44. The van der Waals surface area contributed by atoms with Gasteiger partial charge < -0.3 is 29.8 Å². The smallest absolute Gasteiger partial charge is 0.342 e. The molecule has 140 valence electrons. The SMILES string of the molecule is O=C(O)C(CC(CCc1ccccn1)(C(=O)O)P(=O)(O)O)P(=O)(O)O. The molecule has 0 aliphatic rings. The van der Waals surface area contributed by atoms with Gasteiger partial charge in [-0.1, -0.05) is 6.07 Å². The van der Waals surface area contributed by atoms with Crippen LogP contribution in [-0.4, -0.2) is 57.5 Å². The highest BCUT2D eigenvalue weighted by molar-refractivity contribution is 7.55. The molecule has 1 heterocycles. The molecule has 0 spiro atoms. The second-order valence-electron chi connectivity index (χ2n) is 5.35. The number of carboxylic acids is 2. The van der Waals surface area contributed by atoms with Gasteiger partial charge in [0.1, 0.15) is 0 Å². The molecule has 0 saturated heterocycles. The predicted molar refractivity (Wildman–Crippen MR) is 83.1 cm³/mol. The molecule has 1 aromatic rings. The maximum absolute atomic E-state index is 11.8. The van der Waals surface area contributed by atoms with Crippen LogP contribution in [0.4, 0.5) is 0 Å². The van der Waals surface area contributed by atoms with E-state index in [1.165, 1.54) is 12.3 Å². The molecular formula is C12H17NO10P2. The van der Waals surface area contributed by atoms with E-state index in [9.17, 15) is 33.6 Å². The maximum atomic E-state index is 11.8. The number of aromatic nitrogens is 1. The summed E-state index contributed by atoms with van der Waals surface area (Å²) >= 11 is 0. The number of carboxylic acid groups (broad SMARTS) is 2. The number of aryl methyl sites for hydroxylation is 1. The molecule has 11 nitrogen and oxygen atoms in total. The zero-order valence-corrected chi connectivity index (χ0v) is 14.5. The van der Waals surface area contributed by atoms with E-state index in [0.29, 0.717) is 0 Å². The van der Waals surface area contributed by atoms with Gasteiger partial charge in [0.2, 0.25) is 0 Å². The van der Waals surface area contributed by atoms with Crippen molar-refractivity contribution in [2.45, 2.75) is 30.1 Å². The molecule has 1 rings (SSSR count). The van der Waals surface area contributed by atoms with Crippen LogP contribution in [0.2, 0.25) is 0 Å². The van der Waals surface area contributed by atoms with E-state index < -0.39 is 50.8 Å². The van der Waals surface area contributed by atoms with Crippen LogP contribution in [0.15, 0.2) is 24.4 Å². The van der Waals surface area contributed by atoms with Gasteiger partial charge in [0, 0.05) is 11.9 Å². The van der Waals surface area contributed by atoms with Crippen molar-refractivity contribution in [2.24, 2.45) is 0 Å². The fourth-order valence-corrected chi connectivity index (χ4v) is 4.29. The quantitative estimate of drug-likeness (QED) is 0.307. The Morgan fingerprint density at radius 2 is 1.72 bits per heavy atom. The molecule has 0 bridgehead atoms. The summed E-state index contributed by atoms with van der Waals surface area (Å²) in [6.07, 6.45) is -1.07. The summed E-state index contributed by atoms with van der Waals surface area (Å²) in [5.74, 6) is -4.10. The van der Waals surface area contributed by atoms with Crippen molar-refractivity contribution in [3.8, 4) is 0 Å². The number of hydrogen-bond donors (Lipinski definition) is 6. The van der Waals surface area contributed by atoms with E-state index in [2.05, 4.69) is 4.98 Å². The molecule has 0 aliphatic carbocycles. The summed E-state index contributed by atoms with van der Waals surface area (Å²) in [6.45, 7) is 0. The number of nitrogens with zero attached hydrogens (tertiary/aromatic N) is 1. The molecular weight excluding hydrogens is 380 g/mol. The largest absolute Gasteiger partial charge is 0.481 e. The Morgan fingerprint density at radius 1 is 1.12 bits per heavy atom. The average Bonchev–Trinajstić information content (AvgIpc) is 2.45.